The first-order chi connectivity index (χ1) is 25.3. The second-order valence-electron chi connectivity index (χ2n) is 19.2. The van der Waals surface area contributed by atoms with Gasteiger partial charge in [-0.25, -0.2) is 0 Å². The molecule has 0 fully saturated rings. The summed E-state index contributed by atoms with van der Waals surface area (Å²) in [5, 5.41) is 0. The minimum absolute atomic E-state index is 0.0686. The van der Waals surface area contributed by atoms with E-state index in [1.165, 1.54) is 77.9 Å². The quantitative estimate of drug-likeness (QED) is 0.151. The van der Waals surface area contributed by atoms with Gasteiger partial charge in [-0.15, -0.1) is 0 Å². The molecule has 0 saturated carbocycles. The number of hydrogen-bond donors (Lipinski definition) is 0. The second kappa shape index (κ2) is 14.7. The van der Waals surface area contributed by atoms with Gasteiger partial charge in [0.2, 0.25) is 0 Å². The Hall–Kier alpha value is -4.94. The monoisotopic (exact) mass is 708 g/mol. The minimum Gasteiger partial charge on any atom is -0.0579 e. The lowest BCUT2D eigenvalue weighted by molar-refractivity contribution is 0.590. The number of benzene rings is 6. The molecule has 0 spiro atoms. The van der Waals surface area contributed by atoms with Crippen LogP contribution in [-0.2, 0) is 21.7 Å². The Morgan fingerprint density at radius 3 is 0.556 bits per heavy atom. The predicted molar refractivity (Wildman–Crippen MR) is 236 cm³/mol. The van der Waals surface area contributed by atoms with E-state index < -0.39 is 0 Å². The van der Waals surface area contributed by atoms with Crippen molar-refractivity contribution < 1.29 is 0 Å². The van der Waals surface area contributed by atoms with E-state index >= 15 is 0 Å². The van der Waals surface area contributed by atoms with Crippen LogP contribution in [0.15, 0.2) is 146 Å². The van der Waals surface area contributed by atoms with Crippen LogP contribution in [0.2, 0.25) is 0 Å². The highest BCUT2D eigenvalue weighted by atomic mass is 14.3. The lowest BCUT2D eigenvalue weighted by Gasteiger charge is -2.23. The first kappa shape index (κ1) is 38.8. The molecule has 0 heteroatoms. The van der Waals surface area contributed by atoms with Crippen LogP contribution in [0.3, 0.4) is 0 Å². The Labute approximate surface area is 327 Å². The summed E-state index contributed by atoms with van der Waals surface area (Å²) in [6, 6.07) is 55.1. The van der Waals surface area contributed by atoms with Gasteiger partial charge in [0.05, 0.1) is 0 Å². The topological polar surface area (TPSA) is 0 Å². The third-order valence-electron chi connectivity index (χ3n) is 10.8. The van der Waals surface area contributed by atoms with Crippen molar-refractivity contribution in [1.29, 1.82) is 0 Å². The maximum Gasteiger partial charge on any atom is -0.00268 e. The third kappa shape index (κ3) is 8.71. The van der Waals surface area contributed by atoms with E-state index in [0.717, 1.165) is 0 Å². The van der Waals surface area contributed by atoms with Crippen molar-refractivity contribution in [3.8, 4) is 22.3 Å². The van der Waals surface area contributed by atoms with Gasteiger partial charge in [0.1, 0.15) is 0 Å². The zero-order valence-electron chi connectivity index (χ0n) is 34.9. The maximum atomic E-state index is 2.32. The van der Waals surface area contributed by atoms with Gasteiger partial charge in [-0.2, -0.15) is 0 Å². The molecule has 6 aromatic rings. The Kier molecular flexibility index (Phi) is 10.6. The second-order valence-corrected chi connectivity index (χ2v) is 19.2. The molecule has 0 radical (unpaired) electrons. The van der Waals surface area contributed by atoms with Crippen molar-refractivity contribution in [2.45, 2.75) is 105 Å². The summed E-state index contributed by atoms with van der Waals surface area (Å²) in [4.78, 5) is 0. The van der Waals surface area contributed by atoms with Crippen molar-refractivity contribution in [1.82, 2.24) is 0 Å². The lowest BCUT2D eigenvalue weighted by Crippen LogP contribution is -2.11. The molecule has 0 unspecified atom stereocenters. The highest BCUT2D eigenvalue weighted by Gasteiger charge is 2.21. The molecule has 276 valence electrons. The zero-order chi connectivity index (χ0) is 39.1. The molecular formula is C54H60. The Morgan fingerprint density at radius 2 is 0.370 bits per heavy atom. The summed E-state index contributed by atoms with van der Waals surface area (Å²) < 4.78 is 0. The first-order valence-corrected chi connectivity index (χ1v) is 19.7. The van der Waals surface area contributed by atoms with E-state index in [1.54, 1.807) is 0 Å². The van der Waals surface area contributed by atoms with Gasteiger partial charge in [0, 0.05) is 0 Å². The van der Waals surface area contributed by atoms with Crippen molar-refractivity contribution in [3.05, 3.63) is 190 Å². The molecule has 6 aromatic carbocycles. The molecule has 0 N–H and O–H groups in total. The SMILES string of the molecule is CC(C)(C)c1ccc(/C(=C(/c2ccc(-c3ccc(C(C)(C)C)cc3)cc2)c2ccc(C(C)(C)C)cc2)c2ccc(-c3ccc(C(C)(C)C)cc3)cc2)cc1. The summed E-state index contributed by atoms with van der Waals surface area (Å²) in [6.45, 7) is 27.3. The van der Waals surface area contributed by atoms with E-state index in [1.807, 2.05) is 0 Å². The fraction of sp³-hybridized carbons (Fsp3) is 0.296. The zero-order valence-corrected chi connectivity index (χ0v) is 34.9. The molecule has 0 aliphatic rings. The van der Waals surface area contributed by atoms with E-state index in [-0.39, 0.29) is 21.7 Å². The van der Waals surface area contributed by atoms with Crippen LogP contribution in [0.5, 0.6) is 0 Å². The molecule has 0 aromatic heterocycles. The molecule has 0 saturated heterocycles. The molecule has 0 nitrogen and oxygen atoms in total. The molecule has 0 bridgehead atoms. The molecule has 0 heterocycles. The van der Waals surface area contributed by atoms with Crippen LogP contribution >= 0.6 is 0 Å². The molecule has 6 rings (SSSR count). The smallest absolute Gasteiger partial charge is 0.00268 e. The van der Waals surface area contributed by atoms with Gasteiger partial charge in [-0.05, 0) is 99.6 Å². The number of hydrogen-bond acceptors (Lipinski definition) is 0. The van der Waals surface area contributed by atoms with Gasteiger partial charge in [0.15, 0.2) is 0 Å². The summed E-state index contributed by atoms with van der Waals surface area (Å²) in [7, 11) is 0. The van der Waals surface area contributed by atoms with Crippen molar-refractivity contribution in [2.75, 3.05) is 0 Å². The predicted octanol–water partition coefficient (Wildman–Crippen LogP) is 15.2. The van der Waals surface area contributed by atoms with E-state index in [4.69, 9.17) is 0 Å². The molecular weight excluding hydrogens is 649 g/mol. The lowest BCUT2D eigenvalue weighted by atomic mass is 9.81. The molecule has 0 atom stereocenters. The van der Waals surface area contributed by atoms with Gasteiger partial charge < -0.3 is 0 Å². The molecule has 0 amide bonds. The minimum atomic E-state index is 0.0686. The average Bonchev–Trinajstić information content (AvgIpc) is 3.13. The van der Waals surface area contributed by atoms with Crippen molar-refractivity contribution in [3.63, 3.8) is 0 Å². The fourth-order valence-corrected chi connectivity index (χ4v) is 7.17. The summed E-state index contributed by atoms with van der Waals surface area (Å²) in [6.07, 6.45) is 0. The Morgan fingerprint density at radius 1 is 0.222 bits per heavy atom. The summed E-state index contributed by atoms with van der Waals surface area (Å²) in [5.74, 6) is 0. The molecule has 54 heavy (non-hydrogen) atoms. The highest BCUT2D eigenvalue weighted by molar-refractivity contribution is 6.05. The van der Waals surface area contributed by atoms with Crippen LogP contribution in [0, 0.1) is 0 Å². The summed E-state index contributed by atoms with van der Waals surface area (Å²) >= 11 is 0. The average molecular weight is 709 g/mol. The van der Waals surface area contributed by atoms with Crippen LogP contribution < -0.4 is 0 Å². The first-order valence-electron chi connectivity index (χ1n) is 19.7. The molecule has 0 aliphatic heterocycles. The van der Waals surface area contributed by atoms with Gasteiger partial charge in [0.25, 0.3) is 0 Å². The Balaban J connectivity index is 1.54. The van der Waals surface area contributed by atoms with E-state index in [0.29, 0.717) is 0 Å². The highest BCUT2D eigenvalue weighted by Crippen LogP contribution is 2.40. The van der Waals surface area contributed by atoms with Gasteiger partial charge >= 0.3 is 0 Å². The van der Waals surface area contributed by atoms with E-state index in [9.17, 15) is 0 Å². The van der Waals surface area contributed by atoms with Crippen LogP contribution in [0.25, 0.3) is 33.4 Å². The Bertz CT molecular complexity index is 2030. The van der Waals surface area contributed by atoms with Gasteiger partial charge in [-0.1, -0.05) is 229 Å². The largest absolute Gasteiger partial charge is 0.0579 e. The van der Waals surface area contributed by atoms with E-state index in [2.05, 4.69) is 229 Å². The molecule has 0 aliphatic carbocycles. The maximum absolute atomic E-state index is 2.32. The standard InChI is InChI=1S/C54H60/c1-51(2,3)45-29-21-39(22-30-45)37-13-17-41(18-14-37)49(43-25-33-47(34-26-43)53(7,8)9)50(44-27-35-48(36-28-44)54(10,11)12)42-19-15-38(16-20-42)40-23-31-46(32-24-40)52(4,5)6/h13-36H,1-12H3/b50-49-. The fourth-order valence-electron chi connectivity index (χ4n) is 7.17. The number of rotatable bonds is 6. The summed E-state index contributed by atoms with van der Waals surface area (Å²) in [5.41, 5.74) is 17.9. The third-order valence-corrected chi connectivity index (χ3v) is 10.8. The van der Waals surface area contributed by atoms with Crippen molar-refractivity contribution >= 4 is 11.1 Å². The van der Waals surface area contributed by atoms with Crippen LogP contribution in [0.4, 0.5) is 0 Å². The van der Waals surface area contributed by atoms with Gasteiger partial charge in [-0.3, -0.25) is 0 Å². The normalized spacial score (nSPS) is 13.1. The van der Waals surface area contributed by atoms with Crippen molar-refractivity contribution in [2.24, 2.45) is 0 Å². The van der Waals surface area contributed by atoms with Crippen LogP contribution in [0.1, 0.15) is 128 Å². The van der Waals surface area contributed by atoms with Crippen LogP contribution in [-0.4, -0.2) is 0 Å².